The summed E-state index contributed by atoms with van der Waals surface area (Å²) in [6.45, 7) is 2.41. The first-order chi connectivity index (χ1) is 13.1. The van der Waals surface area contributed by atoms with Crippen LogP contribution in [-0.4, -0.2) is 51.9 Å². The molecule has 10 heteroatoms. The van der Waals surface area contributed by atoms with Crippen LogP contribution in [0, 0.1) is 10.1 Å². The topological polar surface area (TPSA) is 92.5 Å². The maximum absolute atomic E-state index is 12.7. The van der Waals surface area contributed by atoms with Crippen LogP contribution >= 0.6 is 22.7 Å². The van der Waals surface area contributed by atoms with E-state index < -0.39 is 4.92 Å². The number of amides is 1. The van der Waals surface area contributed by atoms with E-state index in [1.54, 1.807) is 23.6 Å². The number of thiophene rings is 1. The van der Waals surface area contributed by atoms with Crippen LogP contribution in [0.15, 0.2) is 41.4 Å². The fourth-order valence-corrected chi connectivity index (χ4v) is 4.46. The highest BCUT2D eigenvalue weighted by Gasteiger charge is 2.24. The van der Waals surface area contributed by atoms with Gasteiger partial charge in [-0.15, -0.1) is 11.3 Å². The molecule has 0 unspecified atom stereocenters. The number of hydrogen-bond donors (Lipinski definition) is 0. The first kappa shape index (κ1) is 17.6. The fourth-order valence-electron chi connectivity index (χ4n) is 2.86. The third kappa shape index (κ3) is 3.67. The second-order valence-corrected chi connectivity index (χ2v) is 7.76. The van der Waals surface area contributed by atoms with Crippen LogP contribution in [0.25, 0.3) is 10.6 Å². The molecule has 27 heavy (non-hydrogen) atoms. The molecule has 0 saturated carbocycles. The number of nitro groups is 1. The average molecular weight is 401 g/mol. The minimum absolute atomic E-state index is 0.00899. The van der Waals surface area contributed by atoms with E-state index in [1.807, 2.05) is 26.6 Å². The molecule has 3 aromatic rings. The third-order valence-corrected chi connectivity index (χ3v) is 6.04. The quantitative estimate of drug-likeness (QED) is 0.493. The van der Waals surface area contributed by atoms with Crippen molar-refractivity contribution in [3.05, 3.63) is 56.3 Å². The van der Waals surface area contributed by atoms with Crippen molar-refractivity contribution >= 4 is 40.1 Å². The molecule has 1 amide bonds. The molecule has 4 heterocycles. The van der Waals surface area contributed by atoms with Crippen molar-refractivity contribution in [3.63, 3.8) is 0 Å². The van der Waals surface area contributed by atoms with E-state index >= 15 is 0 Å². The van der Waals surface area contributed by atoms with Gasteiger partial charge in [-0.3, -0.25) is 14.9 Å². The summed E-state index contributed by atoms with van der Waals surface area (Å²) in [4.78, 5) is 36.0. The summed E-state index contributed by atoms with van der Waals surface area (Å²) >= 11 is 3.01. The van der Waals surface area contributed by atoms with Gasteiger partial charge in [-0.05, 0) is 17.5 Å². The van der Waals surface area contributed by atoms with Gasteiger partial charge < -0.3 is 9.80 Å². The molecule has 0 bridgehead atoms. The second kappa shape index (κ2) is 7.41. The molecule has 8 nitrogen and oxygen atoms in total. The molecule has 138 valence electrons. The Morgan fingerprint density at radius 2 is 1.93 bits per heavy atom. The Kier molecular flexibility index (Phi) is 4.82. The molecule has 0 spiro atoms. The van der Waals surface area contributed by atoms with Gasteiger partial charge >= 0.3 is 0 Å². The maximum Gasteiger partial charge on any atom is 0.287 e. The van der Waals surface area contributed by atoms with E-state index in [-0.39, 0.29) is 11.6 Å². The van der Waals surface area contributed by atoms with Crippen LogP contribution in [-0.2, 0) is 0 Å². The SMILES string of the molecule is O=C(c1cnc(-c2ccsc2)s1)N1CCN(c2ccc([N+](=O)[O-])cn2)CC1. The molecule has 0 radical (unpaired) electrons. The molecule has 0 N–H and O–H groups in total. The molecule has 1 aliphatic rings. The van der Waals surface area contributed by atoms with Gasteiger partial charge in [0.25, 0.3) is 11.6 Å². The zero-order valence-electron chi connectivity index (χ0n) is 14.1. The number of nitrogens with zero attached hydrogens (tertiary/aromatic N) is 5. The van der Waals surface area contributed by atoms with E-state index in [0.29, 0.717) is 36.9 Å². The zero-order chi connectivity index (χ0) is 18.8. The molecule has 0 aliphatic carbocycles. The second-order valence-electron chi connectivity index (χ2n) is 5.95. The van der Waals surface area contributed by atoms with Crippen LogP contribution in [0.5, 0.6) is 0 Å². The molecule has 1 fully saturated rings. The number of thiazole rings is 1. The van der Waals surface area contributed by atoms with Crippen LogP contribution in [0.3, 0.4) is 0 Å². The number of pyridine rings is 1. The molecule has 0 atom stereocenters. The Bertz CT molecular complexity index is 947. The number of aromatic nitrogens is 2. The molecule has 1 aliphatic heterocycles. The summed E-state index contributed by atoms with van der Waals surface area (Å²) in [5, 5.41) is 15.6. The molecule has 4 rings (SSSR count). The van der Waals surface area contributed by atoms with Crippen LogP contribution in [0.2, 0.25) is 0 Å². The molecule has 3 aromatic heterocycles. The van der Waals surface area contributed by atoms with E-state index in [9.17, 15) is 14.9 Å². The highest BCUT2D eigenvalue weighted by atomic mass is 32.1. The van der Waals surface area contributed by atoms with Gasteiger partial charge in [-0.1, -0.05) is 0 Å². The third-order valence-electron chi connectivity index (χ3n) is 4.32. The van der Waals surface area contributed by atoms with Crippen molar-refractivity contribution in [2.45, 2.75) is 0 Å². The lowest BCUT2D eigenvalue weighted by molar-refractivity contribution is -0.385. The van der Waals surface area contributed by atoms with Crippen molar-refractivity contribution in [2.75, 3.05) is 31.1 Å². The predicted molar refractivity (Wildman–Crippen MR) is 104 cm³/mol. The molecule has 1 saturated heterocycles. The number of rotatable bonds is 4. The smallest absolute Gasteiger partial charge is 0.287 e. The van der Waals surface area contributed by atoms with Gasteiger partial charge in [0.1, 0.15) is 21.9 Å². The summed E-state index contributed by atoms with van der Waals surface area (Å²) in [6, 6.07) is 5.09. The monoisotopic (exact) mass is 401 g/mol. The highest BCUT2D eigenvalue weighted by Crippen LogP contribution is 2.28. The zero-order valence-corrected chi connectivity index (χ0v) is 15.8. The molecular weight excluding hydrogens is 386 g/mol. The van der Waals surface area contributed by atoms with Crippen LogP contribution in [0.4, 0.5) is 11.5 Å². The van der Waals surface area contributed by atoms with Crippen molar-refractivity contribution in [1.29, 1.82) is 0 Å². The summed E-state index contributed by atoms with van der Waals surface area (Å²) in [5.41, 5.74) is 1.01. The van der Waals surface area contributed by atoms with Gasteiger partial charge in [0, 0.05) is 43.2 Å². The average Bonchev–Trinajstić information content (AvgIpc) is 3.39. The summed E-state index contributed by atoms with van der Waals surface area (Å²) in [7, 11) is 0. The van der Waals surface area contributed by atoms with Gasteiger partial charge in [0.15, 0.2) is 0 Å². The van der Waals surface area contributed by atoms with Gasteiger partial charge in [-0.25, -0.2) is 9.97 Å². The largest absolute Gasteiger partial charge is 0.353 e. The Labute approximate surface area is 162 Å². The first-order valence-corrected chi connectivity index (χ1v) is 10.0. The summed E-state index contributed by atoms with van der Waals surface area (Å²) in [6.07, 6.45) is 2.90. The Hall–Kier alpha value is -2.85. The van der Waals surface area contributed by atoms with Crippen LogP contribution < -0.4 is 4.90 Å². The standard InChI is InChI=1S/C17H15N5O3S2/c23-17(14-10-19-16(27-14)12-3-8-26-11-12)21-6-4-20(5-7-21)15-2-1-13(9-18-15)22(24)25/h1-3,8-11H,4-7H2. The molecule has 0 aromatic carbocycles. The first-order valence-electron chi connectivity index (χ1n) is 8.25. The van der Waals surface area contributed by atoms with Gasteiger partial charge in [-0.2, -0.15) is 11.3 Å². The predicted octanol–water partition coefficient (Wildman–Crippen LogP) is 3.14. The Morgan fingerprint density at radius 1 is 1.11 bits per heavy atom. The van der Waals surface area contributed by atoms with Gasteiger partial charge in [0.2, 0.25) is 0 Å². The maximum atomic E-state index is 12.7. The number of carbonyl (C=O) groups is 1. The van der Waals surface area contributed by atoms with E-state index in [1.165, 1.54) is 23.6 Å². The van der Waals surface area contributed by atoms with E-state index in [0.717, 1.165) is 10.6 Å². The minimum atomic E-state index is -0.465. The highest BCUT2D eigenvalue weighted by molar-refractivity contribution is 7.17. The van der Waals surface area contributed by atoms with Crippen molar-refractivity contribution in [2.24, 2.45) is 0 Å². The lowest BCUT2D eigenvalue weighted by Crippen LogP contribution is -2.48. The van der Waals surface area contributed by atoms with E-state index in [2.05, 4.69) is 9.97 Å². The van der Waals surface area contributed by atoms with Gasteiger partial charge in [0.05, 0.1) is 11.1 Å². The lowest BCUT2D eigenvalue weighted by Gasteiger charge is -2.35. The molecular formula is C17H15N5O3S2. The van der Waals surface area contributed by atoms with Crippen LogP contribution in [0.1, 0.15) is 9.67 Å². The summed E-state index contributed by atoms with van der Waals surface area (Å²) in [5.74, 6) is 0.676. The minimum Gasteiger partial charge on any atom is -0.353 e. The number of hydrogen-bond acceptors (Lipinski definition) is 8. The Morgan fingerprint density at radius 3 is 2.56 bits per heavy atom. The normalized spacial score (nSPS) is 14.4. The van der Waals surface area contributed by atoms with Crippen molar-refractivity contribution < 1.29 is 9.72 Å². The fraction of sp³-hybridized carbons (Fsp3) is 0.235. The van der Waals surface area contributed by atoms with Crippen molar-refractivity contribution in [3.8, 4) is 10.6 Å². The number of carbonyl (C=O) groups excluding carboxylic acids is 1. The number of piperazine rings is 1. The summed E-state index contributed by atoms with van der Waals surface area (Å²) < 4.78 is 0. The Balaban J connectivity index is 1.38. The lowest BCUT2D eigenvalue weighted by atomic mass is 10.3. The van der Waals surface area contributed by atoms with Crippen molar-refractivity contribution in [1.82, 2.24) is 14.9 Å². The number of anilines is 1. The van der Waals surface area contributed by atoms with E-state index in [4.69, 9.17) is 0 Å².